The summed E-state index contributed by atoms with van der Waals surface area (Å²) < 4.78 is 5.52. The Bertz CT molecular complexity index is 388. The van der Waals surface area contributed by atoms with Crippen molar-refractivity contribution in [3.8, 4) is 0 Å². The summed E-state index contributed by atoms with van der Waals surface area (Å²) in [6, 6.07) is 5.84. The summed E-state index contributed by atoms with van der Waals surface area (Å²) in [5, 5.41) is 2.98. The van der Waals surface area contributed by atoms with Crippen molar-refractivity contribution in [3.05, 3.63) is 40.5 Å². The lowest BCUT2D eigenvalue weighted by Crippen LogP contribution is -1.96. The Morgan fingerprint density at radius 2 is 2.27 bits per heavy atom. The second-order valence-corrected chi connectivity index (χ2v) is 3.82. The molecule has 0 aliphatic rings. The number of rotatable bonds is 3. The predicted octanol–water partition coefficient (Wildman–Crippen LogP) is 2.86. The lowest BCUT2D eigenvalue weighted by atomic mass is 10.2. The Labute approximate surface area is 97.3 Å². The van der Waals surface area contributed by atoms with E-state index in [1.807, 2.05) is 25.1 Å². The van der Waals surface area contributed by atoms with E-state index in [9.17, 15) is 4.79 Å². The number of aryl methyl sites for hydroxylation is 1. The van der Waals surface area contributed by atoms with Crippen molar-refractivity contribution in [3.63, 3.8) is 0 Å². The minimum atomic E-state index is -0.378. The third kappa shape index (κ3) is 3.75. The van der Waals surface area contributed by atoms with Crippen LogP contribution in [-0.2, 0) is 9.53 Å². The van der Waals surface area contributed by atoms with Gasteiger partial charge >= 0.3 is 5.97 Å². The summed E-state index contributed by atoms with van der Waals surface area (Å²) in [7, 11) is 1.34. The van der Waals surface area contributed by atoms with Crippen molar-refractivity contribution in [2.24, 2.45) is 0 Å². The highest BCUT2D eigenvalue weighted by molar-refractivity contribution is 9.10. The third-order valence-corrected chi connectivity index (χ3v) is 2.72. The lowest BCUT2D eigenvalue weighted by molar-refractivity contribution is -0.134. The van der Waals surface area contributed by atoms with Gasteiger partial charge in [-0.25, -0.2) is 4.79 Å². The van der Waals surface area contributed by atoms with E-state index >= 15 is 0 Å². The van der Waals surface area contributed by atoms with E-state index in [1.165, 1.54) is 13.2 Å². The number of ether oxygens (including phenoxy) is 1. The van der Waals surface area contributed by atoms with Crippen LogP contribution in [0.5, 0.6) is 0 Å². The third-order valence-electron chi connectivity index (χ3n) is 1.83. The summed E-state index contributed by atoms with van der Waals surface area (Å²) in [4.78, 5) is 10.8. The molecule has 0 saturated heterocycles. The molecule has 1 aromatic rings. The lowest BCUT2D eigenvalue weighted by Gasteiger charge is -2.03. The van der Waals surface area contributed by atoms with E-state index in [0.717, 1.165) is 15.7 Å². The average Bonchev–Trinajstić information content (AvgIpc) is 2.23. The highest BCUT2D eigenvalue weighted by atomic mass is 79.9. The molecule has 0 atom stereocenters. The zero-order valence-electron chi connectivity index (χ0n) is 8.58. The first-order valence-electron chi connectivity index (χ1n) is 4.40. The van der Waals surface area contributed by atoms with Gasteiger partial charge in [-0.3, -0.25) is 0 Å². The maximum Gasteiger partial charge on any atom is 0.331 e. The molecule has 1 aromatic carbocycles. The molecule has 1 N–H and O–H groups in total. The number of carbonyl (C=O) groups excluding carboxylic acids is 1. The normalized spacial score (nSPS) is 10.3. The zero-order valence-corrected chi connectivity index (χ0v) is 10.2. The molecule has 0 amide bonds. The van der Waals surface area contributed by atoms with Gasteiger partial charge in [0, 0.05) is 22.4 Å². The topological polar surface area (TPSA) is 38.3 Å². The van der Waals surface area contributed by atoms with E-state index in [1.54, 1.807) is 6.20 Å². The molecule has 0 bridgehead atoms. The number of carbonyl (C=O) groups is 1. The fourth-order valence-corrected chi connectivity index (χ4v) is 1.26. The smallest absolute Gasteiger partial charge is 0.331 e. The number of anilines is 1. The minimum Gasteiger partial charge on any atom is -0.466 e. The van der Waals surface area contributed by atoms with E-state index in [-0.39, 0.29) is 5.97 Å². The van der Waals surface area contributed by atoms with Gasteiger partial charge in [-0.15, -0.1) is 0 Å². The van der Waals surface area contributed by atoms with Gasteiger partial charge in [0.05, 0.1) is 7.11 Å². The van der Waals surface area contributed by atoms with E-state index in [0.29, 0.717) is 0 Å². The number of halogens is 1. The molecule has 1 rings (SSSR count). The molecule has 0 heterocycles. The van der Waals surface area contributed by atoms with E-state index < -0.39 is 0 Å². The maximum absolute atomic E-state index is 10.8. The first kappa shape index (κ1) is 11.8. The maximum atomic E-state index is 10.8. The monoisotopic (exact) mass is 269 g/mol. The van der Waals surface area contributed by atoms with E-state index in [4.69, 9.17) is 0 Å². The van der Waals surface area contributed by atoms with Gasteiger partial charge in [0.2, 0.25) is 0 Å². The molecule has 0 aromatic heterocycles. The number of hydrogen-bond acceptors (Lipinski definition) is 3. The van der Waals surface area contributed by atoms with Gasteiger partial charge in [0.15, 0.2) is 0 Å². The number of benzene rings is 1. The van der Waals surface area contributed by atoms with Gasteiger partial charge in [0.25, 0.3) is 0 Å². The second kappa shape index (κ2) is 5.56. The van der Waals surface area contributed by atoms with Crippen LogP contribution in [-0.4, -0.2) is 13.1 Å². The first-order chi connectivity index (χ1) is 7.13. The van der Waals surface area contributed by atoms with Crippen molar-refractivity contribution in [1.29, 1.82) is 0 Å². The molecule has 4 heteroatoms. The van der Waals surface area contributed by atoms with Crippen LogP contribution in [0, 0.1) is 6.92 Å². The van der Waals surface area contributed by atoms with Crippen molar-refractivity contribution in [1.82, 2.24) is 0 Å². The highest BCUT2D eigenvalue weighted by Crippen LogP contribution is 2.19. The molecule has 0 radical (unpaired) electrons. The average molecular weight is 270 g/mol. The quantitative estimate of drug-likeness (QED) is 0.678. The number of methoxy groups -OCH3 is 1. The summed E-state index contributed by atoms with van der Waals surface area (Å²) in [6.45, 7) is 2.00. The number of nitrogens with one attached hydrogen (secondary N) is 1. The SMILES string of the molecule is COC(=O)/C=C/Nc1ccc(Br)c(C)c1. The second-order valence-electron chi connectivity index (χ2n) is 2.96. The van der Waals surface area contributed by atoms with Crippen LogP contribution in [0.4, 0.5) is 5.69 Å². The molecule has 0 unspecified atom stereocenters. The molecule has 0 aliphatic carbocycles. The number of esters is 1. The predicted molar refractivity (Wildman–Crippen MR) is 63.7 cm³/mol. The molecule has 80 valence electrons. The molecule has 0 spiro atoms. The van der Waals surface area contributed by atoms with Crippen LogP contribution >= 0.6 is 15.9 Å². The Kier molecular flexibility index (Phi) is 4.37. The van der Waals surface area contributed by atoms with Gasteiger partial charge in [-0.05, 0) is 30.7 Å². The van der Waals surface area contributed by atoms with Crippen molar-refractivity contribution in [2.75, 3.05) is 12.4 Å². The van der Waals surface area contributed by atoms with Gasteiger partial charge in [-0.1, -0.05) is 15.9 Å². The molecular weight excluding hydrogens is 258 g/mol. The zero-order chi connectivity index (χ0) is 11.3. The van der Waals surface area contributed by atoms with Crippen molar-refractivity contribution >= 4 is 27.6 Å². The fraction of sp³-hybridized carbons (Fsp3) is 0.182. The fourth-order valence-electron chi connectivity index (χ4n) is 1.01. The Hall–Kier alpha value is -1.29. The van der Waals surface area contributed by atoms with Gasteiger partial charge in [-0.2, -0.15) is 0 Å². The molecule has 0 fully saturated rings. The molecule has 15 heavy (non-hydrogen) atoms. The van der Waals surface area contributed by atoms with Crippen LogP contribution < -0.4 is 5.32 Å². The summed E-state index contributed by atoms with van der Waals surface area (Å²) in [6.07, 6.45) is 2.88. The van der Waals surface area contributed by atoms with Crippen molar-refractivity contribution < 1.29 is 9.53 Å². The summed E-state index contributed by atoms with van der Waals surface area (Å²) in [5.74, 6) is -0.378. The molecule has 0 saturated carbocycles. The van der Waals surface area contributed by atoms with Crippen LogP contribution in [0.15, 0.2) is 34.9 Å². The van der Waals surface area contributed by atoms with E-state index in [2.05, 4.69) is 26.0 Å². The van der Waals surface area contributed by atoms with Gasteiger partial charge < -0.3 is 10.1 Å². The Morgan fingerprint density at radius 3 is 2.87 bits per heavy atom. The van der Waals surface area contributed by atoms with Crippen LogP contribution in [0.1, 0.15) is 5.56 Å². The number of hydrogen-bond donors (Lipinski definition) is 1. The summed E-state index contributed by atoms with van der Waals surface area (Å²) >= 11 is 3.41. The molecular formula is C11H12BrNO2. The Balaban J connectivity index is 2.62. The van der Waals surface area contributed by atoms with Crippen LogP contribution in [0.25, 0.3) is 0 Å². The van der Waals surface area contributed by atoms with Crippen LogP contribution in [0.3, 0.4) is 0 Å². The van der Waals surface area contributed by atoms with Crippen LogP contribution in [0.2, 0.25) is 0 Å². The van der Waals surface area contributed by atoms with Gasteiger partial charge in [0.1, 0.15) is 0 Å². The molecule has 3 nitrogen and oxygen atoms in total. The largest absolute Gasteiger partial charge is 0.466 e. The Morgan fingerprint density at radius 1 is 1.53 bits per heavy atom. The van der Waals surface area contributed by atoms with Crippen molar-refractivity contribution in [2.45, 2.75) is 6.92 Å². The molecule has 0 aliphatic heterocycles. The minimum absolute atomic E-state index is 0.378. The first-order valence-corrected chi connectivity index (χ1v) is 5.20. The summed E-state index contributed by atoms with van der Waals surface area (Å²) in [5.41, 5.74) is 2.06. The standard InChI is InChI=1S/C11H12BrNO2/c1-8-7-9(3-4-10(8)12)13-6-5-11(14)15-2/h3-7,13H,1-2H3/b6-5+. The highest BCUT2D eigenvalue weighted by Gasteiger charge is 1.95.